The van der Waals surface area contributed by atoms with Crippen LogP contribution in [0.15, 0.2) is 34.7 Å². The predicted octanol–water partition coefficient (Wildman–Crippen LogP) is 3.84. The summed E-state index contributed by atoms with van der Waals surface area (Å²) in [6.07, 6.45) is 1.57. The second-order valence-corrected chi connectivity index (χ2v) is 11.3. The Morgan fingerprint density at radius 1 is 1.11 bits per heavy atom. The number of urea groups is 1. The van der Waals surface area contributed by atoms with Crippen molar-refractivity contribution >= 4 is 35.1 Å². The summed E-state index contributed by atoms with van der Waals surface area (Å²) in [4.78, 5) is 41.5. The summed E-state index contributed by atoms with van der Waals surface area (Å²) >= 11 is 6.35. The Morgan fingerprint density at radius 2 is 1.82 bits per heavy atom. The van der Waals surface area contributed by atoms with Crippen LogP contribution >= 0.6 is 11.6 Å². The Labute approximate surface area is 227 Å². The molecule has 0 atom stereocenters. The molecule has 2 fully saturated rings. The van der Waals surface area contributed by atoms with Gasteiger partial charge in [-0.3, -0.25) is 14.5 Å². The molecule has 2 aliphatic rings. The van der Waals surface area contributed by atoms with Crippen LogP contribution in [-0.4, -0.2) is 65.9 Å². The quantitative estimate of drug-likeness (QED) is 0.489. The number of carbonyl (C=O) groups excluding carboxylic acids is 3. The van der Waals surface area contributed by atoms with Gasteiger partial charge in [0.05, 0.1) is 28.7 Å². The van der Waals surface area contributed by atoms with E-state index in [-0.39, 0.29) is 28.1 Å². The van der Waals surface area contributed by atoms with Crippen molar-refractivity contribution in [3.63, 3.8) is 0 Å². The zero-order valence-corrected chi connectivity index (χ0v) is 22.7. The number of anilines is 1. The minimum absolute atomic E-state index is 0.133. The van der Waals surface area contributed by atoms with Crippen molar-refractivity contribution in [1.82, 2.24) is 20.4 Å². The first-order valence-corrected chi connectivity index (χ1v) is 13.0. The van der Waals surface area contributed by atoms with Gasteiger partial charge in [0.15, 0.2) is 5.76 Å². The number of nitrogens with zero attached hydrogens (tertiary/aromatic N) is 3. The monoisotopic (exact) mass is 540 g/mol. The van der Waals surface area contributed by atoms with E-state index in [1.165, 1.54) is 0 Å². The number of furan rings is 1. The van der Waals surface area contributed by atoms with E-state index in [2.05, 4.69) is 26.9 Å². The van der Waals surface area contributed by atoms with Gasteiger partial charge in [0.2, 0.25) is 0 Å². The van der Waals surface area contributed by atoms with Crippen LogP contribution in [0.1, 0.15) is 60.3 Å². The molecule has 0 spiro atoms. The fraction of sp³-hybridized carbons (Fsp3) is 0.481. The highest BCUT2D eigenvalue weighted by atomic mass is 35.5. The van der Waals surface area contributed by atoms with Crippen LogP contribution in [0.4, 0.5) is 10.5 Å². The highest BCUT2D eigenvalue weighted by Crippen LogP contribution is 2.44. The molecule has 0 unspecified atom stereocenters. The van der Waals surface area contributed by atoms with E-state index < -0.39 is 11.4 Å². The number of hydrogen-bond acceptors (Lipinski definition) is 6. The average molecular weight is 541 g/mol. The number of nitrogens with one attached hydrogen (secondary N) is 3. The maximum absolute atomic E-state index is 13.1. The number of halogens is 1. The van der Waals surface area contributed by atoms with Crippen LogP contribution in [0.3, 0.4) is 0 Å². The molecule has 4 rings (SSSR count). The lowest BCUT2D eigenvalue weighted by molar-refractivity contribution is 0.0618. The van der Waals surface area contributed by atoms with Crippen molar-refractivity contribution in [2.24, 2.45) is 5.41 Å². The molecule has 1 aliphatic carbocycles. The molecule has 0 bridgehead atoms. The van der Waals surface area contributed by atoms with Gasteiger partial charge >= 0.3 is 6.03 Å². The Morgan fingerprint density at radius 3 is 2.42 bits per heavy atom. The highest BCUT2D eigenvalue weighted by Gasteiger charge is 2.43. The van der Waals surface area contributed by atoms with Crippen molar-refractivity contribution in [2.45, 2.75) is 45.7 Å². The summed E-state index contributed by atoms with van der Waals surface area (Å²) in [6.45, 7) is 8.98. The third kappa shape index (κ3) is 7.05. The van der Waals surface area contributed by atoms with Gasteiger partial charge < -0.3 is 25.3 Å². The molecule has 1 saturated heterocycles. The van der Waals surface area contributed by atoms with Crippen LogP contribution in [-0.2, 0) is 6.54 Å². The molecule has 4 amide bonds. The molecular weight excluding hydrogens is 508 g/mol. The molecule has 38 heavy (non-hydrogen) atoms. The summed E-state index contributed by atoms with van der Waals surface area (Å²) < 4.78 is 5.73. The predicted molar refractivity (Wildman–Crippen MR) is 143 cm³/mol. The number of amides is 4. The van der Waals surface area contributed by atoms with Gasteiger partial charge in [-0.15, -0.1) is 0 Å². The smallest absolute Gasteiger partial charge is 0.319 e. The number of carbonyl (C=O) groups is 3. The lowest BCUT2D eigenvalue weighted by Gasteiger charge is -2.34. The molecule has 1 aliphatic heterocycles. The van der Waals surface area contributed by atoms with Crippen molar-refractivity contribution < 1.29 is 18.8 Å². The highest BCUT2D eigenvalue weighted by molar-refractivity contribution is 6.34. The summed E-state index contributed by atoms with van der Waals surface area (Å²) in [7, 11) is 0. The lowest BCUT2D eigenvalue weighted by Crippen LogP contribution is -2.48. The van der Waals surface area contributed by atoms with Crippen molar-refractivity contribution in [1.29, 1.82) is 5.26 Å². The van der Waals surface area contributed by atoms with Gasteiger partial charge in [0, 0.05) is 43.8 Å². The maximum Gasteiger partial charge on any atom is 0.319 e. The van der Waals surface area contributed by atoms with Gasteiger partial charge in [0.25, 0.3) is 11.8 Å². The van der Waals surface area contributed by atoms with Crippen LogP contribution in [0.2, 0.25) is 5.02 Å². The second kappa shape index (κ2) is 11.1. The summed E-state index contributed by atoms with van der Waals surface area (Å²) in [5, 5.41) is 17.6. The summed E-state index contributed by atoms with van der Waals surface area (Å²) in [5.41, 5.74) is 0.0451. The van der Waals surface area contributed by atoms with E-state index >= 15 is 0 Å². The van der Waals surface area contributed by atoms with Crippen LogP contribution < -0.4 is 16.0 Å². The maximum atomic E-state index is 13.1. The molecule has 11 heteroatoms. The number of benzene rings is 1. The van der Waals surface area contributed by atoms with Crippen LogP contribution in [0.5, 0.6) is 0 Å². The van der Waals surface area contributed by atoms with Crippen molar-refractivity contribution in [3.05, 3.63) is 52.4 Å². The average Bonchev–Trinajstić information content (AvgIpc) is 3.51. The minimum atomic E-state index is -0.442. The van der Waals surface area contributed by atoms with Gasteiger partial charge in [-0.1, -0.05) is 11.6 Å². The standard InChI is InChI=1S/C27H33ClN6O4/c1-26(2,3)32-23(35)22-7-5-19(38-22)15-33-10-12-34(13-11-33)24(36)18-4-6-21(20(28)14-18)31-25(37)30-17-27(16-29)8-9-27/h4-7,14H,8-13,15,17H2,1-3H3,(H,32,35)(H2,30,31,37). The summed E-state index contributed by atoms with van der Waals surface area (Å²) in [5.74, 6) is 0.601. The Kier molecular flexibility index (Phi) is 7.99. The third-order valence-corrected chi connectivity index (χ3v) is 6.87. The fourth-order valence-electron chi connectivity index (χ4n) is 4.14. The second-order valence-electron chi connectivity index (χ2n) is 10.9. The van der Waals surface area contributed by atoms with Crippen molar-refractivity contribution in [2.75, 3.05) is 38.0 Å². The first-order valence-electron chi connectivity index (χ1n) is 12.7. The zero-order chi connectivity index (χ0) is 27.5. The van der Waals surface area contributed by atoms with E-state index in [9.17, 15) is 14.4 Å². The van der Waals surface area contributed by atoms with Gasteiger partial charge in [-0.05, 0) is 63.9 Å². The van der Waals surface area contributed by atoms with E-state index in [0.717, 1.165) is 12.8 Å². The molecule has 1 saturated carbocycles. The van der Waals surface area contributed by atoms with Gasteiger partial charge in [-0.25, -0.2) is 4.79 Å². The van der Waals surface area contributed by atoms with E-state index in [1.807, 2.05) is 20.8 Å². The van der Waals surface area contributed by atoms with E-state index in [0.29, 0.717) is 56.3 Å². The summed E-state index contributed by atoms with van der Waals surface area (Å²) in [6, 6.07) is 10.1. The topological polar surface area (TPSA) is 131 Å². The molecule has 0 radical (unpaired) electrons. The molecule has 2 aromatic rings. The number of nitriles is 1. The van der Waals surface area contributed by atoms with Gasteiger partial charge in [0.1, 0.15) is 5.76 Å². The zero-order valence-electron chi connectivity index (χ0n) is 21.9. The number of piperazine rings is 1. The van der Waals surface area contributed by atoms with Crippen LogP contribution in [0, 0.1) is 16.7 Å². The fourth-order valence-corrected chi connectivity index (χ4v) is 4.37. The third-order valence-electron chi connectivity index (χ3n) is 6.56. The molecule has 3 N–H and O–H groups in total. The molecule has 2 heterocycles. The first kappa shape index (κ1) is 27.5. The van der Waals surface area contributed by atoms with Gasteiger partial charge in [-0.2, -0.15) is 5.26 Å². The molecule has 10 nitrogen and oxygen atoms in total. The first-order chi connectivity index (χ1) is 18.0. The number of rotatable bonds is 7. The Bertz CT molecular complexity index is 1250. The molecule has 1 aromatic heterocycles. The van der Waals surface area contributed by atoms with E-state index in [1.54, 1.807) is 35.2 Å². The molecular formula is C27H33ClN6O4. The lowest BCUT2D eigenvalue weighted by atomic mass is 10.1. The van der Waals surface area contributed by atoms with E-state index in [4.69, 9.17) is 21.3 Å². The normalized spacial score (nSPS) is 16.9. The SMILES string of the molecule is CC(C)(C)NC(=O)c1ccc(CN2CCN(C(=O)c3ccc(NC(=O)NCC4(C#N)CC4)c(Cl)c3)CC2)o1. The number of hydrogen-bond donors (Lipinski definition) is 3. The van der Waals surface area contributed by atoms with Crippen LogP contribution in [0.25, 0.3) is 0 Å². The molecule has 202 valence electrons. The minimum Gasteiger partial charge on any atom is -0.455 e. The Hall–Kier alpha value is -3.55. The van der Waals surface area contributed by atoms with Crippen molar-refractivity contribution in [3.8, 4) is 6.07 Å². The largest absolute Gasteiger partial charge is 0.455 e. The molecule has 1 aromatic carbocycles. The Balaban J connectivity index is 1.25.